The molecule has 0 bridgehead atoms. The van der Waals surface area contributed by atoms with E-state index < -0.39 is 0 Å². The van der Waals surface area contributed by atoms with Gasteiger partial charge in [-0.15, -0.1) is 0 Å². The molecule has 0 nitrogen and oxygen atoms in total. The van der Waals surface area contributed by atoms with E-state index in [9.17, 15) is 0 Å². The summed E-state index contributed by atoms with van der Waals surface area (Å²) in [6.45, 7) is 0. The van der Waals surface area contributed by atoms with Crippen LogP contribution in [0.15, 0.2) is 12.2 Å². The molecule has 1 aliphatic carbocycles. The molecule has 2 rings (SSSR count). The molecule has 0 saturated carbocycles. The topological polar surface area (TPSA) is 0 Å². The summed E-state index contributed by atoms with van der Waals surface area (Å²) in [4.78, 5) is 0. The highest BCUT2D eigenvalue weighted by atomic mass is 28.2. The fourth-order valence-corrected chi connectivity index (χ4v) is 1.86. The van der Waals surface area contributed by atoms with Gasteiger partial charge in [0.1, 0.15) is 0 Å². The van der Waals surface area contributed by atoms with Crippen LogP contribution in [0.3, 0.4) is 0 Å². The smallest absolute Gasteiger partial charge is 0.0240 e. The second kappa shape index (κ2) is 0.732. The highest BCUT2D eigenvalue weighted by molar-refractivity contribution is 6.57. The first-order chi connectivity index (χ1) is 2.97. The van der Waals surface area contributed by atoms with Gasteiger partial charge in [-0.2, -0.15) is 0 Å². The van der Waals surface area contributed by atoms with Gasteiger partial charge in [0, 0.05) is 9.13 Å². The zero-order chi connectivity index (χ0) is 3.98. The maximum Gasteiger partial charge on any atom is 0.0240 e. The molecule has 1 radical (unpaired) electrons. The maximum atomic E-state index is 2.39. The predicted octanol–water partition coefficient (Wildman–Crippen LogP) is 0.481. The van der Waals surface area contributed by atoms with Crippen LogP contribution < -0.4 is 0 Å². The van der Waals surface area contributed by atoms with E-state index in [1.807, 2.05) is 0 Å². The van der Waals surface area contributed by atoms with E-state index in [1.165, 1.54) is 0 Å². The van der Waals surface area contributed by atoms with E-state index in [4.69, 9.17) is 0 Å². The average molecular weight is 93.2 g/mol. The highest BCUT2D eigenvalue weighted by Gasteiger charge is 2.25. The molecule has 0 aromatic carbocycles. The number of rotatable bonds is 0. The molecule has 2 unspecified atom stereocenters. The van der Waals surface area contributed by atoms with Crippen molar-refractivity contribution in [2.45, 2.75) is 5.54 Å². The lowest BCUT2D eigenvalue weighted by molar-refractivity contribution is 0.797. The predicted molar refractivity (Wildman–Crippen MR) is 28.2 cm³/mol. The summed E-state index contributed by atoms with van der Waals surface area (Å²) in [5.74, 6) is 0.920. The first kappa shape index (κ1) is 2.91. The molecule has 0 amide bonds. The van der Waals surface area contributed by atoms with Crippen molar-refractivity contribution in [3.8, 4) is 0 Å². The zero-order valence-corrected chi connectivity index (χ0v) is 4.39. The van der Waals surface area contributed by atoms with E-state index in [2.05, 4.69) is 17.8 Å². The second-order valence-corrected chi connectivity index (χ2v) is 3.15. The molecule has 2 atom stereocenters. The molecule has 0 fully saturated rings. The van der Waals surface area contributed by atoms with Crippen molar-refractivity contribution >= 4 is 14.8 Å². The minimum atomic E-state index is 0.920. The largest absolute Gasteiger partial charge is 0.0954 e. The SMILES string of the molecule is C1=CC2[Si]=CC12. The third-order valence-electron chi connectivity index (χ3n) is 1.44. The summed E-state index contributed by atoms with van der Waals surface area (Å²) in [6, 6.07) is 0. The number of hydrogen-bond donors (Lipinski definition) is 0. The standard InChI is InChI=1S/C5H5Si/c1-2-5-4(1)3-6-5/h1-5H. The van der Waals surface area contributed by atoms with Crippen molar-refractivity contribution in [2.75, 3.05) is 0 Å². The molecular weight excluding hydrogens is 88.1 g/mol. The molecule has 29 valence electrons. The summed E-state index contributed by atoms with van der Waals surface area (Å²) < 4.78 is 0. The van der Waals surface area contributed by atoms with Crippen molar-refractivity contribution in [3.05, 3.63) is 12.2 Å². The summed E-state index contributed by atoms with van der Waals surface area (Å²) in [5, 5.41) is 0. The monoisotopic (exact) mass is 93.0 g/mol. The molecule has 0 aromatic rings. The van der Waals surface area contributed by atoms with Crippen LogP contribution >= 0.6 is 0 Å². The van der Waals surface area contributed by atoms with Crippen molar-refractivity contribution in [3.63, 3.8) is 0 Å². The summed E-state index contributed by atoms with van der Waals surface area (Å²) in [6.07, 6.45) is 4.59. The van der Waals surface area contributed by atoms with E-state index in [1.54, 1.807) is 0 Å². The van der Waals surface area contributed by atoms with Gasteiger partial charge in [0.05, 0.1) is 0 Å². The highest BCUT2D eigenvalue weighted by Crippen LogP contribution is 2.32. The lowest BCUT2D eigenvalue weighted by Gasteiger charge is -2.30. The van der Waals surface area contributed by atoms with Gasteiger partial charge >= 0.3 is 0 Å². The lowest BCUT2D eigenvalue weighted by Crippen LogP contribution is -2.28. The Bertz CT molecular complexity index is 95.9. The molecule has 0 saturated heterocycles. The van der Waals surface area contributed by atoms with E-state index >= 15 is 0 Å². The van der Waals surface area contributed by atoms with Gasteiger partial charge in [-0.05, 0) is 11.5 Å². The van der Waals surface area contributed by atoms with Crippen LogP contribution in [0.25, 0.3) is 0 Å². The van der Waals surface area contributed by atoms with E-state index in [-0.39, 0.29) is 0 Å². The van der Waals surface area contributed by atoms with Gasteiger partial charge in [0.2, 0.25) is 0 Å². The Kier molecular flexibility index (Phi) is 0.355. The van der Waals surface area contributed by atoms with Gasteiger partial charge in [-0.1, -0.05) is 17.8 Å². The summed E-state index contributed by atoms with van der Waals surface area (Å²) in [5.41, 5.74) is 3.40. The third kappa shape index (κ3) is 0.160. The van der Waals surface area contributed by atoms with Crippen LogP contribution in [0, 0.1) is 5.92 Å². The summed E-state index contributed by atoms with van der Waals surface area (Å²) in [7, 11) is 1.15. The number of fused-ring (bicyclic) bond motifs is 1. The normalized spacial score (nSPS) is 46.7. The van der Waals surface area contributed by atoms with Crippen molar-refractivity contribution in [1.29, 1.82) is 0 Å². The van der Waals surface area contributed by atoms with Crippen LogP contribution in [0.4, 0.5) is 0 Å². The maximum absolute atomic E-state index is 2.39. The average Bonchev–Trinajstić information content (AvgIpc) is 1.54. The molecule has 0 aromatic heterocycles. The number of allylic oxidation sites excluding steroid dienone is 2. The fourth-order valence-electron chi connectivity index (χ4n) is 0.780. The number of hydrogen-bond acceptors (Lipinski definition) is 0. The minimum Gasteiger partial charge on any atom is -0.0954 e. The Morgan fingerprint density at radius 3 is 2.17 bits per heavy atom. The van der Waals surface area contributed by atoms with Crippen molar-refractivity contribution in [2.24, 2.45) is 5.92 Å². The van der Waals surface area contributed by atoms with Gasteiger partial charge < -0.3 is 0 Å². The molecular formula is C5H5Si. The van der Waals surface area contributed by atoms with Gasteiger partial charge in [-0.3, -0.25) is 0 Å². The van der Waals surface area contributed by atoms with Gasteiger partial charge in [0.25, 0.3) is 0 Å². The van der Waals surface area contributed by atoms with Crippen LogP contribution in [0.1, 0.15) is 0 Å². The van der Waals surface area contributed by atoms with Crippen molar-refractivity contribution in [1.82, 2.24) is 0 Å². The fraction of sp³-hybridized carbons (Fsp3) is 0.400. The first-order valence-corrected chi connectivity index (χ1v) is 3.40. The molecule has 6 heavy (non-hydrogen) atoms. The van der Waals surface area contributed by atoms with Crippen LogP contribution in [-0.2, 0) is 0 Å². The quantitative estimate of drug-likeness (QED) is 0.302. The molecule has 0 spiro atoms. The Morgan fingerprint density at radius 1 is 1.33 bits per heavy atom. The Morgan fingerprint density at radius 2 is 2.17 bits per heavy atom. The Balaban J connectivity index is 2.40. The Hall–Kier alpha value is -0.173. The van der Waals surface area contributed by atoms with Crippen molar-refractivity contribution < 1.29 is 0 Å². The van der Waals surface area contributed by atoms with E-state index in [0.717, 1.165) is 20.6 Å². The first-order valence-electron chi connectivity index (χ1n) is 2.24. The molecule has 2 aliphatic rings. The van der Waals surface area contributed by atoms with Crippen LogP contribution in [-0.4, -0.2) is 14.8 Å². The lowest BCUT2D eigenvalue weighted by atomic mass is 9.96. The van der Waals surface area contributed by atoms with Gasteiger partial charge in [0.15, 0.2) is 0 Å². The minimum absolute atomic E-state index is 0.920. The Labute approximate surface area is 39.3 Å². The van der Waals surface area contributed by atoms with Crippen LogP contribution in [0.5, 0.6) is 0 Å². The summed E-state index contributed by atoms with van der Waals surface area (Å²) >= 11 is 0. The molecule has 0 N–H and O–H groups in total. The molecule has 1 aliphatic heterocycles. The second-order valence-electron chi connectivity index (χ2n) is 1.82. The molecule has 1 heterocycles. The zero-order valence-electron chi connectivity index (χ0n) is 3.39. The van der Waals surface area contributed by atoms with Gasteiger partial charge in [-0.25, -0.2) is 0 Å². The van der Waals surface area contributed by atoms with E-state index in [0.29, 0.717) is 0 Å². The molecule has 1 heteroatoms. The van der Waals surface area contributed by atoms with Crippen LogP contribution in [0.2, 0.25) is 5.54 Å². The third-order valence-corrected chi connectivity index (χ3v) is 2.98.